The molecule has 1 amide bonds. The zero-order valence-corrected chi connectivity index (χ0v) is 13.8. The van der Waals surface area contributed by atoms with Crippen molar-refractivity contribution in [3.63, 3.8) is 0 Å². The first-order valence-electron chi connectivity index (χ1n) is 8.61. The van der Waals surface area contributed by atoms with Gasteiger partial charge in [0.25, 0.3) is 0 Å². The van der Waals surface area contributed by atoms with Gasteiger partial charge in [-0.3, -0.25) is 9.69 Å². The van der Waals surface area contributed by atoms with E-state index in [4.69, 9.17) is 0 Å². The minimum Gasteiger partial charge on any atom is -0.351 e. The molecule has 0 radical (unpaired) electrons. The fourth-order valence-electron chi connectivity index (χ4n) is 3.91. The van der Waals surface area contributed by atoms with E-state index in [0.717, 1.165) is 12.8 Å². The number of rotatable bonds is 5. The second kappa shape index (κ2) is 6.41. The van der Waals surface area contributed by atoms with Gasteiger partial charge in [-0.05, 0) is 57.2 Å². The fourth-order valence-corrected chi connectivity index (χ4v) is 3.91. The van der Waals surface area contributed by atoms with Gasteiger partial charge >= 0.3 is 0 Å². The van der Waals surface area contributed by atoms with Crippen molar-refractivity contribution in [2.24, 2.45) is 5.41 Å². The molecule has 0 heterocycles. The highest BCUT2D eigenvalue weighted by Crippen LogP contribution is 2.56. The van der Waals surface area contributed by atoms with Crippen LogP contribution in [0.3, 0.4) is 0 Å². The molecule has 22 heavy (non-hydrogen) atoms. The van der Waals surface area contributed by atoms with E-state index in [0.29, 0.717) is 11.5 Å². The minimum atomic E-state index is -0.0832. The lowest BCUT2D eigenvalue weighted by Gasteiger charge is -2.34. The van der Waals surface area contributed by atoms with Crippen molar-refractivity contribution in [3.8, 4) is 0 Å². The monoisotopic (exact) mass is 300 g/mol. The Hall–Kier alpha value is -1.35. The van der Waals surface area contributed by atoms with Crippen molar-refractivity contribution < 1.29 is 4.79 Å². The number of nitrogens with one attached hydrogen (secondary N) is 1. The van der Waals surface area contributed by atoms with Gasteiger partial charge in [-0.2, -0.15) is 0 Å². The van der Waals surface area contributed by atoms with Crippen LogP contribution in [0, 0.1) is 5.41 Å². The zero-order valence-electron chi connectivity index (χ0n) is 13.8. The Labute approximate surface area is 134 Å². The maximum Gasteiger partial charge on any atom is 0.237 e. The molecule has 2 aliphatic carbocycles. The number of hydrogen-bond acceptors (Lipinski definition) is 2. The van der Waals surface area contributed by atoms with E-state index >= 15 is 0 Å². The lowest BCUT2D eigenvalue weighted by molar-refractivity contribution is -0.127. The highest BCUT2D eigenvalue weighted by molar-refractivity contribution is 5.82. The summed E-state index contributed by atoms with van der Waals surface area (Å²) in [5.41, 5.74) is 1.68. The number of hydrogen-bond donors (Lipinski definition) is 1. The average Bonchev–Trinajstić information content (AvgIpc) is 3.28. The minimum absolute atomic E-state index is 0.0832. The molecule has 1 N–H and O–H groups in total. The lowest BCUT2D eigenvalue weighted by Crippen LogP contribution is -2.51. The third-order valence-electron chi connectivity index (χ3n) is 5.56. The van der Waals surface area contributed by atoms with Gasteiger partial charge in [-0.1, -0.05) is 43.2 Å². The van der Waals surface area contributed by atoms with Gasteiger partial charge in [0.1, 0.15) is 0 Å². The van der Waals surface area contributed by atoms with Crippen LogP contribution in [0.5, 0.6) is 0 Å². The predicted octanol–water partition coefficient (Wildman–Crippen LogP) is 3.00. The van der Waals surface area contributed by atoms with Crippen LogP contribution in [-0.4, -0.2) is 37.0 Å². The molecular formula is C19H28N2O. The molecule has 1 aromatic rings. The Morgan fingerprint density at radius 3 is 2.59 bits per heavy atom. The van der Waals surface area contributed by atoms with Crippen molar-refractivity contribution in [3.05, 3.63) is 35.9 Å². The van der Waals surface area contributed by atoms with Crippen molar-refractivity contribution in [1.82, 2.24) is 10.2 Å². The van der Waals surface area contributed by atoms with Crippen LogP contribution in [0.4, 0.5) is 0 Å². The quantitative estimate of drug-likeness (QED) is 0.906. The van der Waals surface area contributed by atoms with E-state index in [1.54, 1.807) is 0 Å². The van der Waals surface area contributed by atoms with E-state index < -0.39 is 0 Å². The van der Waals surface area contributed by atoms with Gasteiger partial charge in [-0.25, -0.2) is 0 Å². The van der Waals surface area contributed by atoms with Gasteiger partial charge in [0, 0.05) is 6.04 Å². The summed E-state index contributed by atoms with van der Waals surface area (Å²) in [5, 5.41) is 3.39. The van der Waals surface area contributed by atoms with Crippen LogP contribution >= 0.6 is 0 Å². The SMILES string of the molecule is CN(C)[C@@H](Cc1ccccc1)C(=O)NC1CCCCC12CC2. The zero-order chi connectivity index (χ0) is 15.6. The lowest BCUT2D eigenvalue weighted by atomic mass is 9.81. The molecule has 1 unspecified atom stereocenters. The molecule has 2 saturated carbocycles. The van der Waals surface area contributed by atoms with Crippen molar-refractivity contribution in [1.29, 1.82) is 0 Å². The molecule has 1 aromatic carbocycles. The molecule has 120 valence electrons. The molecular weight excluding hydrogens is 272 g/mol. The molecule has 2 fully saturated rings. The van der Waals surface area contributed by atoms with E-state index in [1.165, 1.54) is 37.7 Å². The third kappa shape index (κ3) is 3.35. The second-order valence-electron chi connectivity index (χ2n) is 7.34. The summed E-state index contributed by atoms with van der Waals surface area (Å²) in [6.07, 6.45) is 8.47. The summed E-state index contributed by atoms with van der Waals surface area (Å²) in [4.78, 5) is 14.9. The van der Waals surface area contributed by atoms with E-state index in [1.807, 2.05) is 37.2 Å². The summed E-state index contributed by atoms with van der Waals surface area (Å²) in [5.74, 6) is 0.201. The van der Waals surface area contributed by atoms with E-state index in [2.05, 4.69) is 17.4 Å². The molecule has 3 nitrogen and oxygen atoms in total. The summed E-state index contributed by atoms with van der Waals surface area (Å²) >= 11 is 0. The number of benzene rings is 1. The standard InChI is InChI=1S/C19H28N2O/c1-21(2)16(14-15-8-4-3-5-9-15)18(22)20-17-10-6-7-11-19(17)12-13-19/h3-5,8-9,16-17H,6-7,10-14H2,1-2H3,(H,20,22)/t16-,17?/m0/s1. The number of amides is 1. The molecule has 0 aliphatic heterocycles. The Bertz CT molecular complexity index is 507. The summed E-state index contributed by atoms with van der Waals surface area (Å²) < 4.78 is 0. The number of carbonyl (C=O) groups is 1. The van der Waals surface area contributed by atoms with Crippen LogP contribution in [-0.2, 0) is 11.2 Å². The first-order chi connectivity index (χ1) is 10.6. The fraction of sp³-hybridized carbons (Fsp3) is 0.632. The molecule has 0 aromatic heterocycles. The first-order valence-corrected chi connectivity index (χ1v) is 8.61. The number of carbonyl (C=O) groups excluding carboxylic acids is 1. The van der Waals surface area contributed by atoms with Gasteiger partial charge in [0.2, 0.25) is 5.91 Å². The Morgan fingerprint density at radius 1 is 1.23 bits per heavy atom. The molecule has 2 atom stereocenters. The van der Waals surface area contributed by atoms with E-state index in [9.17, 15) is 4.79 Å². The van der Waals surface area contributed by atoms with Crippen molar-refractivity contribution in [2.45, 2.75) is 57.0 Å². The van der Waals surface area contributed by atoms with Crippen LogP contribution in [0.1, 0.15) is 44.1 Å². The number of likely N-dealkylation sites (N-methyl/N-ethyl adjacent to an activating group) is 1. The number of nitrogens with zero attached hydrogens (tertiary/aromatic N) is 1. The van der Waals surface area contributed by atoms with Gasteiger partial charge in [0.05, 0.1) is 6.04 Å². The van der Waals surface area contributed by atoms with Crippen LogP contribution < -0.4 is 5.32 Å². The summed E-state index contributed by atoms with van der Waals surface area (Å²) in [7, 11) is 4.00. The smallest absolute Gasteiger partial charge is 0.237 e. The van der Waals surface area contributed by atoms with Gasteiger partial charge in [0.15, 0.2) is 0 Å². The van der Waals surface area contributed by atoms with Crippen LogP contribution in [0.15, 0.2) is 30.3 Å². The van der Waals surface area contributed by atoms with Gasteiger partial charge in [-0.15, -0.1) is 0 Å². The summed E-state index contributed by atoms with van der Waals surface area (Å²) in [6.45, 7) is 0. The third-order valence-corrected chi connectivity index (χ3v) is 5.56. The Kier molecular flexibility index (Phi) is 4.53. The van der Waals surface area contributed by atoms with Crippen LogP contribution in [0.2, 0.25) is 0 Å². The first kappa shape index (κ1) is 15.5. The van der Waals surface area contributed by atoms with Crippen molar-refractivity contribution >= 4 is 5.91 Å². The van der Waals surface area contributed by atoms with Crippen LogP contribution in [0.25, 0.3) is 0 Å². The largest absolute Gasteiger partial charge is 0.351 e. The second-order valence-corrected chi connectivity index (χ2v) is 7.34. The Morgan fingerprint density at radius 2 is 1.95 bits per heavy atom. The molecule has 3 rings (SSSR count). The summed E-state index contributed by atoms with van der Waals surface area (Å²) in [6, 6.07) is 10.6. The van der Waals surface area contributed by atoms with E-state index in [-0.39, 0.29) is 11.9 Å². The highest BCUT2D eigenvalue weighted by Gasteiger charge is 2.50. The Balaban J connectivity index is 1.65. The molecule has 1 spiro atoms. The van der Waals surface area contributed by atoms with Gasteiger partial charge < -0.3 is 5.32 Å². The molecule has 2 aliphatic rings. The molecule has 0 bridgehead atoms. The topological polar surface area (TPSA) is 32.3 Å². The predicted molar refractivity (Wildman–Crippen MR) is 89.7 cm³/mol. The van der Waals surface area contributed by atoms with Crippen molar-refractivity contribution in [2.75, 3.05) is 14.1 Å². The molecule has 0 saturated heterocycles. The maximum absolute atomic E-state index is 12.8. The average molecular weight is 300 g/mol. The normalized spacial score (nSPS) is 24.2. The molecule has 3 heteroatoms. The highest BCUT2D eigenvalue weighted by atomic mass is 16.2. The maximum atomic E-state index is 12.8.